The lowest BCUT2D eigenvalue weighted by Gasteiger charge is -2.23. The summed E-state index contributed by atoms with van der Waals surface area (Å²) in [5.74, 6) is -0.184. The van der Waals surface area contributed by atoms with Crippen molar-refractivity contribution in [2.75, 3.05) is 20.6 Å². The molecule has 1 aliphatic heterocycles. The zero-order chi connectivity index (χ0) is 21.5. The molecule has 1 heterocycles. The van der Waals surface area contributed by atoms with Gasteiger partial charge >= 0.3 is 0 Å². The Morgan fingerprint density at radius 3 is 2.53 bits per heavy atom. The van der Waals surface area contributed by atoms with E-state index in [0.717, 1.165) is 42.5 Å². The fourth-order valence-electron chi connectivity index (χ4n) is 3.88. The van der Waals surface area contributed by atoms with Gasteiger partial charge in [-0.3, -0.25) is 9.59 Å². The monoisotopic (exact) mass is 403 g/mol. The van der Waals surface area contributed by atoms with Crippen molar-refractivity contribution in [2.45, 2.75) is 38.1 Å². The van der Waals surface area contributed by atoms with Crippen LogP contribution >= 0.6 is 0 Å². The van der Waals surface area contributed by atoms with Gasteiger partial charge in [-0.1, -0.05) is 42.8 Å². The number of carbonyl (C=O) groups excluding carboxylic acids is 2. The molecule has 5 nitrogen and oxygen atoms in total. The molecule has 2 atom stereocenters. The fourth-order valence-corrected chi connectivity index (χ4v) is 3.88. The van der Waals surface area contributed by atoms with Crippen LogP contribution in [-0.4, -0.2) is 43.3 Å². The van der Waals surface area contributed by atoms with E-state index in [1.807, 2.05) is 48.5 Å². The molecule has 1 amide bonds. The number of Topliss-reactive ketones (excluding diaryl/α,β-unsaturated/α-hetero) is 1. The number of hydrogen-bond donors (Lipinski definition) is 1. The van der Waals surface area contributed by atoms with E-state index >= 15 is 0 Å². The highest BCUT2D eigenvalue weighted by Crippen LogP contribution is 2.23. The maximum absolute atomic E-state index is 12.5. The van der Waals surface area contributed by atoms with Crippen LogP contribution in [-0.2, 0) is 11.2 Å². The Bertz CT molecular complexity index is 922. The lowest BCUT2D eigenvalue weighted by Crippen LogP contribution is -2.41. The van der Waals surface area contributed by atoms with Crippen LogP contribution in [0.4, 0.5) is 0 Å². The quantitative estimate of drug-likeness (QED) is 0.762. The maximum Gasteiger partial charge on any atom is 0.253 e. The number of benzene rings is 2. The van der Waals surface area contributed by atoms with E-state index in [2.05, 4.69) is 11.4 Å². The van der Waals surface area contributed by atoms with E-state index in [-0.39, 0.29) is 23.7 Å². The van der Waals surface area contributed by atoms with E-state index in [1.165, 1.54) is 0 Å². The Morgan fingerprint density at radius 2 is 1.90 bits per heavy atom. The summed E-state index contributed by atoms with van der Waals surface area (Å²) in [4.78, 5) is 26.3. The first-order valence-electron chi connectivity index (χ1n) is 10.5. The second-order valence-corrected chi connectivity index (χ2v) is 8.18. The Morgan fingerprint density at radius 1 is 1.13 bits per heavy atom. The van der Waals surface area contributed by atoms with Crippen LogP contribution in [0.15, 0.2) is 48.5 Å². The molecule has 0 aliphatic carbocycles. The van der Waals surface area contributed by atoms with Crippen molar-refractivity contribution in [2.24, 2.45) is 5.92 Å². The molecule has 0 bridgehead atoms. The number of ketones is 1. The smallest absolute Gasteiger partial charge is 0.253 e. The summed E-state index contributed by atoms with van der Waals surface area (Å²) in [5, 5.41) is 12.8. The van der Waals surface area contributed by atoms with E-state index < -0.39 is 0 Å². The number of amides is 1. The molecule has 0 saturated carbocycles. The molecule has 2 aromatic carbocycles. The van der Waals surface area contributed by atoms with Gasteiger partial charge in [-0.25, -0.2) is 0 Å². The zero-order valence-corrected chi connectivity index (χ0v) is 17.7. The predicted octanol–water partition coefficient (Wildman–Crippen LogP) is 3.84. The van der Waals surface area contributed by atoms with E-state index in [1.54, 1.807) is 19.0 Å². The summed E-state index contributed by atoms with van der Waals surface area (Å²) in [5.41, 5.74) is 3.68. The molecule has 0 radical (unpaired) electrons. The lowest BCUT2D eigenvalue weighted by atomic mass is 9.90. The van der Waals surface area contributed by atoms with Gasteiger partial charge < -0.3 is 10.2 Å². The van der Waals surface area contributed by atoms with Gasteiger partial charge in [-0.15, -0.1) is 0 Å². The number of nitrogens with one attached hydrogen (secondary N) is 1. The van der Waals surface area contributed by atoms with Gasteiger partial charge in [0.05, 0.1) is 18.0 Å². The molecular formula is C25H29N3O2. The molecule has 1 aliphatic rings. The molecule has 5 heteroatoms. The molecule has 156 valence electrons. The second kappa shape index (κ2) is 10.2. The molecule has 0 aromatic heterocycles. The minimum atomic E-state index is -0.312. The van der Waals surface area contributed by atoms with Gasteiger partial charge in [0.2, 0.25) is 0 Å². The van der Waals surface area contributed by atoms with Crippen LogP contribution in [0.3, 0.4) is 0 Å². The van der Waals surface area contributed by atoms with E-state index in [4.69, 9.17) is 0 Å². The minimum Gasteiger partial charge on any atom is -0.345 e. The van der Waals surface area contributed by atoms with Crippen molar-refractivity contribution in [3.63, 3.8) is 0 Å². The average Bonchev–Trinajstić information content (AvgIpc) is 2.79. The minimum absolute atomic E-state index is 0.0255. The molecule has 30 heavy (non-hydrogen) atoms. The summed E-state index contributed by atoms with van der Waals surface area (Å²) >= 11 is 0. The highest BCUT2D eigenvalue weighted by molar-refractivity contribution is 5.95. The third kappa shape index (κ3) is 5.55. The highest BCUT2D eigenvalue weighted by atomic mass is 16.2. The Labute approximate surface area is 178 Å². The van der Waals surface area contributed by atoms with Crippen molar-refractivity contribution in [3.05, 3.63) is 59.7 Å². The largest absolute Gasteiger partial charge is 0.345 e. The Balaban J connectivity index is 1.65. The van der Waals surface area contributed by atoms with Gasteiger partial charge in [0, 0.05) is 26.1 Å². The summed E-state index contributed by atoms with van der Waals surface area (Å²) in [7, 11) is 3.48. The van der Waals surface area contributed by atoms with Gasteiger partial charge in [0.25, 0.3) is 5.91 Å². The van der Waals surface area contributed by atoms with Crippen LogP contribution in [0, 0.1) is 17.2 Å². The molecule has 2 aromatic rings. The first kappa shape index (κ1) is 21.7. The van der Waals surface area contributed by atoms with Gasteiger partial charge in [-0.2, -0.15) is 5.26 Å². The molecule has 3 rings (SSSR count). The fraction of sp³-hybridized carbons (Fsp3) is 0.400. The summed E-state index contributed by atoms with van der Waals surface area (Å²) in [6, 6.07) is 17.8. The number of hydrogen-bond acceptors (Lipinski definition) is 4. The van der Waals surface area contributed by atoms with Crippen LogP contribution in [0.2, 0.25) is 0 Å². The molecule has 1 N–H and O–H groups in total. The van der Waals surface area contributed by atoms with Gasteiger partial charge in [0.1, 0.15) is 0 Å². The number of nitrogens with zero attached hydrogens (tertiary/aromatic N) is 2. The lowest BCUT2D eigenvalue weighted by molar-refractivity contribution is -0.122. The second-order valence-electron chi connectivity index (χ2n) is 8.18. The predicted molar refractivity (Wildman–Crippen MR) is 118 cm³/mol. The summed E-state index contributed by atoms with van der Waals surface area (Å²) in [6.45, 7) is 0.885. The number of rotatable bonds is 7. The molecular weight excluding hydrogens is 374 g/mol. The van der Waals surface area contributed by atoms with Crippen molar-refractivity contribution in [3.8, 4) is 17.2 Å². The van der Waals surface area contributed by atoms with Crippen LogP contribution in [0.1, 0.15) is 41.6 Å². The molecule has 1 fully saturated rings. The Hall–Kier alpha value is -2.97. The Kier molecular flexibility index (Phi) is 7.37. The number of piperidine rings is 1. The van der Waals surface area contributed by atoms with Gasteiger partial charge in [-0.05, 0) is 54.6 Å². The normalized spacial score (nSPS) is 17.0. The standard InChI is InChI=1S/C25H29N3O2/c1-28(2)25(30)22-7-5-6-21(16-22)20-11-9-18(10-12-20)14-19(17-26)15-24(29)23-8-3-4-13-27-23/h5-7,9-12,16,19,23,27H,3-4,8,13-15H2,1-2H3/t19-,23+/m1/s1. The number of nitriles is 1. The van der Waals surface area contributed by atoms with Crippen LogP contribution in [0.25, 0.3) is 11.1 Å². The summed E-state index contributed by atoms with van der Waals surface area (Å²) in [6.07, 6.45) is 3.92. The topological polar surface area (TPSA) is 73.2 Å². The van der Waals surface area contributed by atoms with Crippen LogP contribution < -0.4 is 5.32 Å². The number of carbonyl (C=O) groups is 2. The van der Waals surface area contributed by atoms with Crippen LogP contribution in [0.5, 0.6) is 0 Å². The van der Waals surface area contributed by atoms with E-state index in [0.29, 0.717) is 18.4 Å². The van der Waals surface area contributed by atoms with Crippen molar-refractivity contribution in [1.82, 2.24) is 10.2 Å². The molecule has 0 spiro atoms. The van der Waals surface area contributed by atoms with Gasteiger partial charge in [0.15, 0.2) is 5.78 Å². The van der Waals surface area contributed by atoms with Crippen molar-refractivity contribution < 1.29 is 9.59 Å². The highest BCUT2D eigenvalue weighted by Gasteiger charge is 2.23. The summed E-state index contributed by atoms with van der Waals surface area (Å²) < 4.78 is 0. The first-order valence-corrected chi connectivity index (χ1v) is 10.5. The van der Waals surface area contributed by atoms with E-state index in [9.17, 15) is 14.9 Å². The zero-order valence-electron chi connectivity index (χ0n) is 17.7. The third-order valence-electron chi connectivity index (χ3n) is 5.61. The van der Waals surface area contributed by atoms with Crippen molar-refractivity contribution in [1.29, 1.82) is 5.26 Å². The maximum atomic E-state index is 12.5. The SMILES string of the molecule is CN(C)C(=O)c1cccc(-c2ccc(C[C@@H](C#N)CC(=O)[C@@H]3CCCCN3)cc2)c1. The molecule has 1 saturated heterocycles. The first-order chi connectivity index (χ1) is 14.5. The third-order valence-corrected chi connectivity index (χ3v) is 5.61. The average molecular weight is 404 g/mol. The molecule has 0 unspecified atom stereocenters. The van der Waals surface area contributed by atoms with Crippen molar-refractivity contribution >= 4 is 11.7 Å².